The van der Waals surface area contributed by atoms with Crippen molar-refractivity contribution in [2.24, 2.45) is 0 Å². The maximum atomic E-state index is 12.3. The van der Waals surface area contributed by atoms with E-state index in [9.17, 15) is 13.2 Å². The average molecular weight is 287 g/mol. The molecule has 0 atom stereocenters. The average Bonchev–Trinajstić information content (AvgIpc) is 2.87. The van der Waals surface area contributed by atoms with Gasteiger partial charge in [-0.15, -0.1) is 0 Å². The molecule has 1 N–H and O–H groups in total. The lowest BCUT2D eigenvalue weighted by Crippen LogP contribution is -2.16. The lowest BCUT2D eigenvalue weighted by molar-refractivity contribution is -0.159. The molecule has 0 fully saturated rings. The molecule has 0 saturated carbocycles. The first kappa shape index (κ1) is 13.5. The first-order valence-corrected chi connectivity index (χ1v) is 5.56. The summed E-state index contributed by atoms with van der Waals surface area (Å²) in [6, 6.07) is 6.48. The number of nitrogens with zero attached hydrogens (tertiary/aromatic N) is 2. The number of thiocarbonyl (C=S) groups is 1. The maximum Gasteiger partial charge on any atom is 0.471 e. The van der Waals surface area contributed by atoms with Gasteiger partial charge in [-0.2, -0.15) is 18.2 Å². The highest BCUT2D eigenvalue weighted by atomic mass is 32.1. The van der Waals surface area contributed by atoms with Crippen molar-refractivity contribution >= 4 is 17.2 Å². The Kier molecular flexibility index (Phi) is 3.52. The Morgan fingerprint density at radius 3 is 2.37 bits per heavy atom. The molecule has 0 unspecified atom stereocenters. The summed E-state index contributed by atoms with van der Waals surface area (Å²) in [4.78, 5) is 3.83. The van der Waals surface area contributed by atoms with Gasteiger partial charge in [0, 0.05) is 18.2 Å². The summed E-state index contributed by atoms with van der Waals surface area (Å²) in [7, 11) is 1.69. The van der Waals surface area contributed by atoms with E-state index in [2.05, 4.69) is 20.0 Å². The van der Waals surface area contributed by atoms with Crippen molar-refractivity contribution in [2.75, 3.05) is 7.05 Å². The second kappa shape index (κ2) is 4.96. The van der Waals surface area contributed by atoms with Gasteiger partial charge in [-0.25, -0.2) is 0 Å². The second-order valence-corrected chi connectivity index (χ2v) is 3.99. The molecule has 19 heavy (non-hydrogen) atoms. The maximum absolute atomic E-state index is 12.3. The number of rotatable bonds is 2. The highest BCUT2D eigenvalue weighted by Gasteiger charge is 2.38. The number of nitrogens with one attached hydrogen (secondary N) is 1. The smallest absolute Gasteiger partial charge is 0.379 e. The largest absolute Gasteiger partial charge is 0.471 e. The van der Waals surface area contributed by atoms with Gasteiger partial charge in [0.2, 0.25) is 5.82 Å². The first-order chi connectivity index (χ1) is 8.91. The zero-order chi connectivity index (χ0) is 14.0. The van der Waals surface area contributed by atoms with Crippen LogP contribution in [-0.2, 0) is 6.18 Å². The van der Waals surface area contributed by atoms with Crippen LogP contribution in [0.2, 0.25) is 0 Å². The van der Waals surface area contributed by atoms with E-state index in [-0.39, 0.29) is 5.82 Å². The molecule has 0 aliphatic carbocycles. The standard InChI is InChI=1S/C11H8F3N3OS/c1-15-9(19)7-4-2-6(3-5-7)8-16-10(18-17-8)11(12,13)14/h2-5H,1H3,(H,15,19). The van der Waals surface area contributed by atoms with E-state index >= 15 is 0 Å². The highest BCUT2D eigenvalue weighted by molar-refractivity contribution is 7.80. The van der Waals surface area contributed by atoms with Crippen molar-refractivity contribution in [3.63, 3.8) is 0 Å². The summed E-state index contributed by atoms with van der Waals surface area (Å²) in [5.41, 5.74) is 1.17. The van der Waals surface area contributed by atoms with Gasteiger partial charge < -0.3 is 9.84 Å². The molecule has 1 aromatic heterocycles. The molecule has 0 aliphatic rings. The summed E-state index contributed by atoms with van der Waals surface area (Å²) >= 11 is 5.03. The zero-order valence-corrected chi connectivity index (χ0v) is 10.5. The Morgan fingerprint density at radius 2 is 1.89 bits per heavy atom. The minimum absolute atomic E-state index is 0.116. The third kappa shape index (κ3) is 2.90. The molecule has 0 aliphatic heterocycles. The number of alkyl halides is 3. The molecule has 0 amide bonds. The monoisotopic (exact) mass is 287 g/mol. The summed E-state index contributed by atoms with van der Waals surface area (Å²) in [6.45, 7) is 0. The Hall–Kier alpha value is -1.96. The molecule has 2 rings (SSSR count). The van der Waals surface area contributed by atoms with Crippen molar-refractivity contribution in [1.29, 1.82) is 0 Å². The van der Waals surface area contributed by atoms with Gasteiger partial charge in [0.05, 0.1) is 0 Å². The number of hydrogen-bond acceptors (Lipinski definition) is 4. The summed E-state index contributed by atoms with van der Waals surface area (Å²) in [5, 5.41) is 6.09. The number of hydrogen-bond donors (Lipinski definition) is 1. The van der Waals surface area contributed by atoms with E-state index in [1.165, 1.54) is 0 Å². The molecule has 0 bridgehead atoms. The summed E-state index contributed by atoms with van der Waals surface area (Å²) < 4.78 is 41.1. The Bertz CT molecular complexity index is 592. The quantitative estimate of drug-likeness (QED) is 0.861. The summed E-state index contributed by atoms with van der Waals surface area (Å²) in [6.07, 6.45) is -4.64. The predicted molar refractivity (Wildman–Crippen MR) is 65.5 cm³/mol. The third-order valence-electron chi connectivity index (χ3n) is 2.30. The van der Waals surface area contributed by atoms with Crippen LogP contribution >= 0.6 is 12.2 Å². The Morgan fingerprint density at radius 1 is 1.26 bits per heavy atom. The fraction of sp³-hybridized carbons (Fsp3) is 0.182. The molecule has 0 spiro atoms. The Balaban J connectivity index is 2.28. The van der Waals surface area contributed by atoms with Crippen LogP contribution in [0.5, 0.6) is 0 Å². The second-order valence-electron chi connectivity index (χ2n) is 3.58. The van der Waals surface area contributed by atoms with Crippen molar-refractivity contribution in [3.05, 3.63) is 35.7 Å². The Labute approximate surface area is 111 Å². The van der Waals surface area contributed by atoms with E-state index in [1.54, 1.807) is 31.3 Å². The van der Waals surface area contributed by atoms with Crippen molar-refractivity contribution < 1.29 is 17.7 Å². The van der Waals surface area contributed by atoms with Crippen LogP contribution in [0.3, 0.4) is 0 Å². The van der Waals surface area contributed by atoms with Gasteiger partial charge in [-0.05, 0) is 0 Å². The molecule has 2 aromatic rings. The minimum atomic E-state index is -4.64. The van der Waals surface area contributed by atoms with Crippen LogP contribution in [0.4, 0.5) is 13.2 Å². The van der Waals surface area contributed by atoms with Crippen LogP contribution in [0.25, 0.3) is 11.4 Å². The van der Waals surface area contributed by atoms with E-state index in [0.29, 0.717) is 10.6 Å². The van der Waals surface area contributed by atoms with Crippen molar-refractivity contribution in [2.45, 2.75) is 6.18 Å². The number of halogens is 3. The zero-order valence-electron chi connectivity index (χ0n) is 9.65. The van der Waals surface area contributed by atoms with Gasteiger partial charge in [0.15, 0.2) is 0 Å². The van der Waals surface area contributed by atoms with Gasteiger partial charge in [-0.3, -0.25) is 0 Å². The van der Waals surface area contributed by atoms with Gasteiger partial charge >= 0.3 is 12.1 Å². The molecular weight excluding hydrogens is 279 g/mol. The molecule has 100 valence electrons. The van der Waals surface area contributed by atoms with Crippen LogP contribution in [-0.4, -0.2) is 22.2 Å². The first-order valence-electron chi connectivity index (χ1n) is 5.15. The van der Waals surface area contributed by atoms with E-state index in [0.717, 1.165) is 5.56 Å². The van der Waals surface area contributed by atoms with Gasteiger partial charge in [-0.1, -0.05) is 41.6 Å². The normalized spacial score (nSPS) is 11.4. The van der Waals surface area contributed by atoms with Crippen molar-refractivity contribution in [1.82, 2.24) is 15.5 Å². The highest BCUT2D eigenvalue weighted by Crippen LogP contribution is 2.29. The van der Waals surface area contributed by atoms with E-state index in [1.807, 2.05) is 0 Å². The fourth-order valence-corrected chi connectivity index (χ4v) is 1.51. The van der Waals surface area contributed by atoms with E-state index < -0.39 is 12.1 Å². The predicted octanol–water partition coefficient (Wildman–Crippen LogP) is 2.65. The van der Waals surface area contributed by atoms with Crippen LogP contribution in [0.1, 0.15) is 11.5 Å². The fourth-order valence-electron chi connectivity index (χ4n) is 1.37. The molecule has 1 aromatic carbocycles. The van der Waals surface area contributed by atoms with Crippen molar-refractivity contribution in [3.8, 4) is 11.4 Å². The van der Waals surface area contributed by atoms with Gasteiger partial charge in [0.1, 0.15) is 4.99 Å². The topological polar surface area (TPSA) is 51.0 Å². The summed E-state index contributed by atoms with van der Waals surface area (Å²) in [5.74, 6) is -1.48. The number of aromatic nitrogens is 2. The van der Waals surface area contributed by atoms with Crippen LogP contribution in [0, 0.1) is 0 Å². The SMILES string of the molecule is CNC(=S)c1ccc(-c2noc(C(F)(F)F)n2)cc1. The molecule has 8 heteroatoms. The lowest BCUT2D eigenvalue weighted by atomic mass is 10.1. The van der Waals surface area contributed by atoms with Crippen LogP contribution < -0.4 is 5.32 Å². The minimum Gasteiger partial charge on any atom is -0.379 e. The lowest BCUT2D eigenvalue weighted by Gasteiger charge is -2.02. The molecule has 0 saturated heterocycles. The van der Waals surface area contributed by atoms with E-state index in [4.69, 9.17) is 12.2 Å². The molecule has 1 heterocycles. The van der Waals surface area contributed by atoms with Gasteiger partial charge in [0.25, 0.3) is 0 Å². The third-order valence-corrected chi connectivity index (χ3v) is 2.74. The number of benzene rings is 1. The molecule has 4 nitrogen and oxygen atoms in total. The molecular formula is C11H8F3N3OS. The van der Waals surface area contributed by atoms with Crippen LogP contribution in [0.15, 0.2) is 28.8 Å². The molecule has 0 radical (unpaired) electrons.